The molecule has 6 heteroatoms. The van der Waals surface area contributed by atoms with Gasteiger partial charge in [0.25, 0.3) is 0 Å². The molecule has 0 saturated heterocycles. The molecule has 1 heterocycles. The molecule has 24 heavy (non-hydrogen) atoms. The predicted octanol–water partition coefficient (Wildman–Crippen LogP) is 2.65. The summed E-state index contributed by atoms with van der Waals surface area (Å²) in [5.74, 6) is 1.23. The third kappa shape index (κ3) is 4.45. The summed E-state index contributed by atoms with van der Waals surface area (Å²) in [6.45, 7) is 4.07. The molecule has 0 bridgehead atoms. The average Bonchev–Trinajstić information content (AvgIpc) is 2.54. The number of amides is 1. The average molecular weight is 328 g/mol. The van der Waals surface area contributed by atoms with Crippen molar-refractivity contribution in [3.05, 3.63) is 36.5 Å². The highest BCUT2D eigenvalue weighted by molar-refractivity contribution is 5.95. The van der Waals surface area contributed by atoms with Gasteiger partial charge in [-0.1, -0.05) is 13.8 Å². The summed E-state index contributed by atoms with van der Waals surface area (Å²) in [6, 6.07) is 8.55. The van der Waals surface area contributed by atoms with E-state index in [4.69, 9.17) is 16.2 Å². The number of nitrogens with two attached hydrogens (primary N) is 2. The van der Waals surface area contributed by atoms with Crippen LogP contribution in [0.2, 0.25) is 0 Å². The van der Waals surface area contributed by atoms with E-state index < -0.39 is 6.04 Å². The number of rotatable bonds is 6. The Balaban J connectivity index is 2.21. The molecule has 0 aliphatic rings. The van der Waals surface area contributed by atoms with Crippen LogP contribution < -0.4 is 21.5 Å². The Hall–Kier alpha value is -2.60. The van der Waals surface area contributed by atoms with Gasteiger partial charge in [-0.15, -0.1) is 0 Å². The highest BCUT2D eigenvalue weighted by Crippen LogP contribution is 2.32. The lowest BCUT2D eigenvalue weighted by Crippen LogP contribution is -2.36. The maximum Gasteiger partial charge on any atom is 0.241 e. The molecule has 1 aromatic heterocycles. The van der Waals surface area contributed by atoms with E-state index in [9.17, 15) is 4.79 Å². The highest BCUT2D eigenvalue weighted by Gasteiger charge is 2.16. The number of pyridine rings is 1. The van der Waals surface area contributed by atoms with Crippen LogP contribution >= 0.6 is 0 Å². The molecular weight excluding hydrogens is 304 g/mol. The zero-order valence-electron chi connectivity index (χ0n) is 14.2. The number of hydrogen-bond acceptors (Lipinski definition) is 5. The van der Waals surface area contributed by atoms with Crippen LogP contribution in [0.1, 0.15) is 20.3 Å². The number of carbonyl (C=O) groups excluding carboxylic acids is 1. The Morgan fingerprint density at radius 1 is 1.29 bits per heavy atom. The van der Waals surface area contributed by atoms with Crippen LogP contribution in [0, 0.1) is 5.92 Å². The quantitative estimate of drug-likeness (QED) is 0.756. The lowest BCUT2D eigenvalue weighted by atomic mass is 10.0. The summed E-state index contributed by atoms with van der Waals surface area (Å²) >= 11 is 0. The lowest BCUT2D eigenvalue weighted by molar-refractivity contribution is -0.117. The van der Waals surface area contributed by atoms with Gasteiger partial charge in [0, 0.05) is 23.5 Å². The lowest BCUT2D eigenvalue weighted by Gasteiger charge is -2.16. The number of carbonyl (C=O) groups is 1. The summed E-state index contributed by atoms with van der Waals surface area (Å²) in [5.41, 5.74) is 14.1. The summed E-state index contributed by atoms with van der Waals surface area (Å²) in [6.07, 6.45) is 2.28. The molecule has 0 spiro atoms. The van der Waals surface area contributed by atoms with E-state index in [0.29, 0.717) is 29.6 Å². The minimum atomic E-state index is -0.532. The zero-order valence-corrected chi connectivity index (χ0v) is 14.2. The third-order valence-corrected chi connectivity index (χ3v) is 3.62. The maximum absolute atomic E-state index is 12.1. The second-order valence-corrected chi connectivity index (χ2v) is 6.11. The Morgan fingerprint density at radius 3 is 2.67 bits per heavy atom. The van der Waals surface area contributed by atoms with Gasteiger partial charge in [-0.05, 0) is 42.2 Å². The molecule has 0 saturated carbocycles. The largest absolute Gasteiger partial charge is 0.496 e. The van der Waals surface area contributed by atoms with Crippen molar-refractivity contribution in [1.29, 1.82) is 0 Å². The Bertz CT molecular complexity index is 716. The number of benzene rings is 1. The van der Waals surface area contributed by atoms with Gasteiger partial charge in [-0.3, -0.25) is 4.79 Å². The zero-order chi connectivity index (χ0) is 17.7. The number of anilines is 2. The van der Waals surface area contributed by atoms with Crippen molar-refractivity contribution >= 4 is 17.4 Å². The number of hydrogen-bond donors (Lipinski definition) is 3. The van der Waals surface area contributed by atoms with Gasteiger partial charge < -0.3 is 21.5 Å². The van der Waals surface area contributed by atoms with Crippen LogP contribution in [0.5, 0.6) is 5.75 Å². The van der Waals surface area contributed by atoms with E-state index in [1.165, 1.54) is 0 Å². The van der Waals surface area contributed by atoms with Crippen molar-refractivity contribution in [2.75, 3.05) is 18.2 Å². The molecule has 0 radical (unpaired) electrons. The van der Waals surface area contributed by atoms with Gasteiger partial charge in [0.15, 0.2) is 0 Å². The fraction of sp³-hybridized carbons (Fsp3) is 0.333. The molecule has 6 nitrogen and oxygen atoms in total. The molecule has 128 valence electrons. The van der Waals surface area contributed by atoms with Crippen LogP contribution in [0.25, 0.3) is 11.1 Å². The fourth-order valence-electron chi connectivity index (χ4n) is 2.47. The first-order chi connectivity index (χ1) is 11.4. The first-order valence-electron chi connectivity index (χ1n) is 7.87. The number of nitrogen functional groups attached to an aromatic ring is 1. The van der Waals surface area contributed by atoms with Crippen LogP contribution in [-0.4, -0.2) is 24.0 Å². The summed E-state index contributed by atoms with van der Waals surface area (Å²) in [4.78, 5) is 16.1. The van der Waals surface area contributed by atoms with Crippen molar-refractivity contribution in [2.24, 2.45) is 11.7 Å². The summed E-state index contributed by atoms with van der Waals surface area (Å²) in [5, 5.41) is 2.83. The van der Waals surface area contributed by atoms with Gasteiger partial charge in [0.2, 0.25) is 5.91 Å². The minimum absolute atomic E-state index is 0.202. The minimum Gasteiger partial charge on any atom is -0.496 e. The van der Waals surface area contributed by atoms with Gasteiger partial charge in [-0.25, -0.2) is 4.98 Å². The van der Waals surface area contributed by atoms with Crippen molar-refractivity contribution < 1.29 is 9.53 Å². The van der Waals surface area contributed by atoms with Crippen LogP contribution in [0.15, 0.2) is 36.5 Å². The predicted molar refractivity (Wildman–Crippen MR) is 96.7 cm³/mol. The van der Waals surface area contributed by atoms with Gasteiger partial charge >= 0.3 is 0 Å². The first kappa shape index (κ1) is 17.7. The Labute approximate surface area is 142 Å². The van der Waals surface area contributed by atoms with E-state index in [1.807, 2.05) is 32.0 Å². The molecule has 0 fully saturated rings. The molecule has 0 aliphatic heterocycles. The van der Waals surface area contributed by atoms with Gasteiger partial charge in [0.05, 0.1) is 13.2 Å². The maximum atomic E-state index is 12.1. The highest BCUT2D eigenvalue weighted by atomic mass is 16.5. The Morgan fingerprint density at radius 2 is 2.04 bits per heavy atom. The number of nitrogens with zero attached hydrogens (tertiary/aromatic N) is 1. The van der Waals surface area contributed by atoms with E-state index in [1.54, 1.807) is 25.4 Å². The molecule has 2 aromatic rings. The van der Waals surface area contributed by atoms with Gasteiger partial charge in [0.1, 0.15) is 11.6 Å². The van der Waals surface area contributed by atoms with E-state index in [0.717, 1.165) is 11.1 Å². The van der Waals surface area contributed by atoms with E-state index in [2.05, 4.69) is 10.3 Å². The number of ether oxygens (including phenoxy) is 1. The second kappa shape index (κ2) is 7.79. The van der Waals surface area contributed by atoms with Crippen LogP contribution in [0.3, 0.4) is 0 Å². The first-order valence-corrected chi connectivity index (χ1v) is 7.87. The smallest absolute Gasteiger partial charge is 0.241 e. The fourth-order valence-corrected chi connectivity index (χ4v) is 2.47. The SMILES string of the molecule is COc1cc(NC(=O)[C@H](N)CC(C)C)ccc1-c1ccnc(N)c1. The van der Waals surface area contributed by atoms with Gasteiger partial charge in [-0.2, -0.15) is 0 Å². The van der Waals surface area contributed by atoms with Crippen molar-refractivity contribution in [3.63, 3.8) is 0 Å². The summed E-state index contributed by atoms with van der Waals surface area (Å²) < 4.78 is 5.44. The van der Waals surface area contributed by atoms with E-state index >= 15 is 0 Å². The normalized spacial score (nSPS) is 12.0. The van der Waals surface area contributed by atoms with Crippen molar-refractivity contribution in [3.8, 4) is 16.9 Å². The topological polar surface area (TPSA) is 103 Å². The Kier molecular flexibility index (Phi) is 5.76. The van der Waals surface area contributed by atoms with E-state index in [-0.39, 0.29) is 5.91 Å². The van der Waals surface area contributed by atoms with Crippen molar-refractivity contribution in [2.45, 2.75) is 26.3 Å². The van der Waals surface area contributed by atoms with Crippen molar-refractivity contribution in [1.82, 2.24) is 4.98 Å². The molecule has 2 rings (SSSR count). The number of aromatic nitrogens is 1. The molecule has 1 atom stereocenters. The molecule has 0 unspecified atom stereocenters. The monoisotopic (exact) mass is 328 g/mol. The van der Waals surface area contributed by atoms with Crippen LogP contribution in [0.4, 0.5) is 11.5 Å². The number of nitrogens with one attached hydrogen (secondary N) is 1. The molecule has 5 N–H and O–H groups in total. The molecular formula is C18H24N4O2. The summed E-state index contributed by atoms with van der Waals surface area (Å²) in [7, 11) is 1.58. The second-order valence-electron chi connectivity index (χ2n) is 6.11. The number of methoxy groups -OCH3 is 1. The third-order valence-electron chi connectivity index (χ3n) is 3.62. The molecule has 1 amide bonds. The molecule has 0 aliphatic carbocycles. The van der Waals surface area contributed by atoms with Crippen LogP contribution in [-0.2, 0) is 4.79 Å². The standard InChI is InChI=1S/C18H24N4O2/c1-11(2)8-15(19)18(23)22-13-4-5-14(16(10-13)24-3)12-6-7-21-17(20)9-12/h4-7,9-11,15H,8,19H2,1-3H3,(H2,20,21)(H,22,23)/t15-/m1/s1. The molecule has 1 aromatic carbocycles.